The third kappa shape index (κ3) is 2.88. The van der Waals surface area contributed by atoms with Crippen molar-refractivity contribution in [2.45, 2.75) is 0 Å². The zero-order valence-corrected chi connectivity index (χ0v) is 7.31. The molecule has 0 spiro atoms. The lowest BCUT2D eigenvalue weighted by Gasteiger charge is -2.06. The molecule has 1 rings (SSSR count). The minimum atomic E-state index is -4.58. The van der Waals surface area contributed by atoms with E-state index in [0.717, 1.165) is 0 Å². The van der Waals surface area contributed by atoms with Crippen LogP contribution < -0.4 is 4.52 Å². The Hall–Kier alpha value is -1.34. The number of para-hydroxylation sites is 1. The second-order valence-electron chi connectivity index (χ2n) is 2.19. The highest BCUT2D eigenvalue weighted by molar-refractivity contribution is 7.46. The summed E-state index contributed by atoms with van der Waals surface area (Å²) in [6.45, 7) is 0. The Bertz CT molecular complexity index is 392. The van der Waals surface area contributed by atoms with Crippen molar-refractivity contribution in [2.24, 2.45) is 0 Å². The first kappa shape index (κ1) is 9.75. The SMILES string of the molecule is N#Cc1ccccc1OP(=O)(O)O. The summed E-state index contributed by atoms with van der Waals surface area (Å²) in [5, 5.41) is 8.53. The van der Waals surface area contributed by atoms with Crippen LogP contribution in [-0.2, 0) is 4.57 Å². The summed E-state index contributed by atoms with van der Waals surface area (Å²) in [5.74, 6) is -0.113. The standard InChI is InChI=1S/C7H6NO4P/c8-5-6-3-1-2-4-7(6)12-13(9,10)11/h1-4H,(H2,9,10,11). The van der Waals surface area contributed by atoms with Crippen LogP contribution in [0, 0.1) is 11.3 Å². The number of nitrogens with zero attached hydrogens (tertiary/aromatic N) is 1. The van der Waals surface area contributed by atoms with Crippen LogP contribution >= 0.6 is 7.82 Å². The Labute approximate surface area is 74.4 Å². The van der Waals surface area contributed by atoms with E-state index in [1.54, 1.807) is 12.1 Å². The van der Waals surface area contributed by atoms with Gasteiger partial charge >= 0.3 is 7.82 Å². The molecule has 5 nitrogen and oxygen atoms in total. The predicted molar refractivity (Wildman–Crippen MR) is 43.8 cm³/mol. The van der Waals surface area contributed by atoms with Crippen molar-refractivity contribution < 1.29 is 18.9 Å². The molecule has 0 unspecified atom stereocenters. The van der Waals surface area contributed by atoms with Crippen molar-refractivity contribution in [1.82, 2.24) is 0 Å². The highest BCUT2D eigenvalue weighted by Gasteiger charge is 2.17. The van der Waals surface area contributed by atoms with E-state index in [1.165, 1.54) is 18.2 Å². The van der Waals surface area contributed by atoms with Crippen molar-refractivity contribution in [3.05, 3.63) is 29.8 Å². The van der Waals surface area contributed by atoms with E-state index < -0.39 is 7.82 Å². The summed E-state index contributed by atoms with van der Waals surface area (Å²) in [5.41, 5.74) is 0.0887. The fraction of sp³-hybridized carbons (Fsp3) is 0. The van der Waals surface area contributed by atoms with E-state index in [4.69, 9.17) is 15.0 Å². The van der Waals surface area contributed by atoms with Gasteiger partial charge in [-0.2, -0.15) is 5.26 Å². The van der Waals surface area contributed by atoms with Gasteiger partial charge in [0.05, 0.1) is 5.56 Å². The lowest BCUT2D eigenvalue weighted by molar-refractivity contribution is 0.283. The van der Waals surface area contributed by atoms with Crippen LogP contribution in [0.15, 0.2) is 24.3 Å². The molecule has 0 atom stereocenters. The maximum absolute atomic E-state index is 10.4. The summed E-state index contributed by atoms with van der Waals surface area (Å²) < 4.78 is 14.7. The highest BCUT2D eigenvalue weighted by atomic mass is 31.2. The number of benzene rings is 1. The maximum atomic E-state index is 10.4. The molecular formula is C7H6NO4P. The maximum Gasteiger partial charge on any atom is 0.524 e. The highest BCUT2D eigenvalue weighted by Crippen LogP contribution is 2.38. The van der Waals surface area contributed by atoms with Crippen LogP contribution in [0.5, 0.6) is 5.75 Å². The van der Waals surface area contributed by atoms with Gasteiger partial charge in [0.2, 0.25) is 0 Å². The fourth-order valence-corrected chi connectivity index (χ4v) is 1.18. The normalized spacial score (nSPS) is 10.5. The molecule has 0 heterocycles. The molecule has 0 saturated heterocycles. The molecule has 0 aliphatic rings. The summed E-state index contributed by atoms with van der Waals surface area (Å²) in [7, 11) is -4.58. The first-order valence-corrected chi connectivity index (χ1v) is 4.80. The Morgan fingerprint density at radius 1 is 1.38 bits per heavy atom. The zero-order chi connectivity index (χ0) is 9.90. The van der Waals surface area contributed by atoms with Gasteiger partial charge in [-0.1, -0.05) is 12.1 Å². The molecule has 0 fully saturated rings. The third-order valence-electron chi connectivity index (χ3n) is 1.22. The lowest BCUT2D eigenvalue weighted by Crippen LogP contribution is -1.92. The molecule has 13 heavy (non-hydrogen) atoms. The molecule has 0 aromatic heterocycles. The quantitative estimate of drug-likeness (QED) is 0.694. The average Bonchev–Trinajstić information content (AvgIpc) is 2.02. The first-order valence-electron chi connectivity index (χ1n) is 3.27. The monoisotopic (exact) mass is 199 g/mol. The number of phosphoric acid groups is 1. The van der Waals surface area contributed by atoms with E-state index in [2.05, 4.69) is 4.52 Å². The van der Waals surface area contributed by atoms with Crippen LogP contribution in [0.2, 0.25) is 0 Å². The van der Waals surface area contributed by atoms with Gasteiger partial charge < -0.3 is 4.52 Å². The van der Waals surface area contributed by atoms with Crippen molar-refractivity contribution in [3.8, 4) is 11.8 Å². The van der Waals surface area contributed by atoms with E-state index in [0.29, 0.717) is 0 Å². The molecular weight excluding hydrogens is 193 g/mol. The minimum Gasteiger partial charge on any atom is -0.403 e. The van der Waals surface area contributed by atoms with Crippen molar-refractivity contribution in [2.75, 3.05) is 0 Å². The third-order valence-corrected chi connectivity index (χ3v) is 1.66. The van der Waals surface area contributed by atoms with E-state index in [9.17, 15) is 4.57 Å². The van der Waals surface area contributed by atoms with Crippen molar-refractivity contribution >= 4 is 7.82 Å². The topological polar surface area (TPSA) is 90.5 Å². The Balaban J connectivity index is 3.03. The fourth-order valence-electron chi connectivity index (χ4n) is 0.767. The average molecular weight is 199 g/mol. The number of phosphoric ester groups is 1. The van der Waals surface area contributed by atoms with Gasteiger partial charge in [-0.05, 0) is 12.1 Å². The summed E-state index contributed by atoms with van der Waals surface area (Å²) in [4.78, 5) is 16.9. The van der Waals surface area contributed by atoms with Crippen LogP contribution in [0.1, 0.15) is 5.56 Å². The minimum absolute atomic E-state index is 0.0887. The molecule has 1 aromatic carbocycles. The summed E-state index contributed by atoms with van der Waals surface area (Å²) in [6.07, 6.45) is 0. The molecule has 6 heteroatoms. The Morgan fingerprint density at radius 3 is 2.54 bits per heavy atom. The molecule has 0 amide bonds. The van der Waals surface area contributed by atoms with Crippen molar-refractivity contribution in [1.29, 1.82) is 5.26 Å². The molecule has 1 aromatic rings. The largest absolute Gasteiger partial charge is 0.524 e. The summed E-state index contributed by atoms with van der Waals surface area (Å²) in [6, 6.07) is 7.57. The van der Waals surface area contributed by atoms with Gasteiger partial charge in [0.25, 0.3) is 0 Å². The molecule has 68 valence electrons. The van der Waals surface area contributed by atoms with Crippen LogP contribution in [0.3, 0.4) is 0 Å². The number of hydrogen-bond donors (Lipinski definition) is 2. The van der Waals surface area contributed by atoms with E-state index in [-0.39, 0.29) is 11.3 Å². The van der Waals surface area contributed by atoms with Gasteiger partial charge in [0.1, 0.15) is 11.8 Å². The lowest BCUT2D eigenvalue weighted by atomic mass is 10.2. The van der Waals surface area contributed by atoms with Gasteiger partial charge in [0, 0.05) is 0 Å². The van der Waals surface area contributed by atoms with Gasteiger partial charge in [-0.15, -0.1) is 0 Å². The number of nitriles is 1. The van der Waals surface area contributed by atoms with E-state index in [1.807, 2.05) is 0 Å². The second-order valence-corrected chi connectivity index (χ2v) is 3.35. The molecule has 0 bridgehead atoms. The Kier molecular flexibility index (Phi) is 2.69. The molecule has 0 radical (unpaired) electrons. The number of rotatable bonds is 2. The first-order chi connectivity index (χ1) is 6.03. The molecule has 0 aliphatic carbocycles. The smallest absolute Gasteiger partial charge is 0.403 e. The zero-order valence-electron chi connectivity index (χ0n) is 6.41. The van der Waals surface area contributed by atoms with Gasteiger partial charge in [-0.3, -0.25) is 9.79 Å². The predicted octanol–water partition coefficient (Wildman–Crippen LogP) is 1.03. The van der Waals surface area contributed by atoms with E-state index >= 15 is 0 Å². The molecule has 0 saturated carbocycles. The molecule has 2 N–H and O–H groups in total. The molecule has 0 aliphatic heterocycles. The van der Waals surface area contributed by atoms with Crippen LogP contribution in [0.4, 0.5) is 0 Å². The second kappa shape index (κ2) is 3.58. The van der Waals surface area contributed by atoms with Crippen LogP contribution in [-0.4, -0.2) is 9.79 Å². The van der Waals surface area contributed by atoms with Crippen LogP contribution in [0.25, 0.3) is 0 Å². The van der Waals surface area contributed by atoms with Gasteiger partial charge in [0.15, 0.2) is 0 Å². The van der Waals surface area contributed by atoms with Crippen molar-refractivity contribution in [3.63, 3.8) is 0 Å². The van der Waals surface area contributed by atoms with Gasteiger partial charge in [-0.25, -0.2) is 4.57 Å². The Morgan fingerprint density at radius 2 is 2.00 bits per heavy atom. The number of hydrogen-bond acceptors (Lipinski definition) is 3. The summed E-state index contributed by atoms with van der Waals surface area (Å²) >= 11 is 0.